The van der Waals surface area contributed by atoms with Crippen LogP contribution in [0.5, 0.6) is 17.2 Å². The molecule has 0 fully saturated rings. The first-order valence-electron chi connectivity index (χ1n) is 8.56. The van der Waals surface area contributed by atoms with Crippen LogP contribution in [-0.4, -0.2) is 19.4 Å². The predicted octanol–water partition coefficient (Wildman–Crippen LogP) is 4.10. The van der Waals surface area contributed by atoms with Crippen LogP contribution < -0.4 is 15.2 Å². The minimum Gasteiger partial charge on any atom is -0.508 e. The summed E-state index contributed by atoms with van der Waals surface area (Å²) in [5.74, 6) is -1.22. The fourth-order valence-corrected chi connectivity index (χ4v) is 3.12. The first-order chi connectivity index (χ1) is 14.4. The summed E-state index contributed by atoms with van der Waals surface area (Å²) >= 11 is 0. The molecule has 162 valence electrons. The molecule has 0 heterocycles. The Morgan fingerprint density at radius 2 is 1.68 bits per heavy atom. The van der Waals surface area contributed by atoms with Crippen LogP contribution in [0, 0.1) is 0 Å². The number of alkyl halides is 3. The number of rotatable bonds is 5. The first-order valence-corrected chi connectivity index (χ1v) is 10.1. The van der Waals surface area contributed by atoms with Gasteiger partial charge in [-0.15, -0.1) is 0 Å². The SMILES string of the molecule is NS(=O)(=O)c1cccc(NC(=O)c2ccc(C(F)(F)F)cc2Oc2ccc(O)cc2)c1. The predicted molar refractivity (Wildman–Crippen MR) is 105 cm³/mol. The number of anilines is 1. The second kappa shape index (κ2) is 8.28. The summed E-state index contributed by atoms with van der Waals surface area (Å²) in [5.41, 5.74) is -1.21. The number of sulfonamides is 1. The molecule has 31 heavy (non-hydrogen) atoms. The standard InChI is InChI=1S/C20H15F3N2O5S/c21-20(22,23)12-4-9-17(18(10-12)30-15-7-5-14(26)6-8-15)19(27)25-13-2-1-3-16(11-13)31(24,28)29/h1-11,26H,(H,25,27)(H2,24,28,29). The van der Waals surface area contributed by atoms with Crippen molar-refractivity contribution in [2.45, 2.75) is 11.1 Å². The molecule has 4 N–H and O–H groups in total. The van der Waals surface area contributed by atoms with E-state index in [1.807, 2.05) is 0 Å². The van der Waals surface area contributed by atoms with E-state index in [2.05, 4.69) is 5.32 Å². The van der Waals surface area contributed by atoms with E-state index in [-0.39, 0.29) is 33.4 Å². The topological polar surface area (TPSA) is 119 Å². The van der Waals surface area contributed by atoms with Crippen molar-refractivity contribution in [3.8, 4) is 17.2 Å². The Bertz CT molecular complexity index is 1230. The normalized spacial score (nSPS) is 11.7. The van der Waals surface area contributed by atoms with Crippen molar-refractivity contribution in [2.75, 3.05) is 5.32 Å². The van der Waals surface area contributed by atoms with E-state index < -0.39 is 27.7 Å². The Kier molecular flexibility index (Phi) is 5.91. The second-order valence-corrected chi connectivity index (χ2v) is 7.89. The molecule has 1 amide bonds. The summed E-state index contributed by atoms with van der Waals surface area (Å²) in [4.78, 5) is 12.5. The third-order valence-electron chi connectivity index (χ3n) is 4.04. The van der Waals surface area contributed by atoms with E-state index in [0.717, 1.165) is 18.2 Å². The number of phenolic OH excluding ortho intramolecular Hbond substituents is 1. The number of carbonyl (C=O) groups excluding carboxylic acids is 1. The first kappa shape index (κ1) is 22.1. The number of halogens is 3. The number of ether oxygens (including phenoxy) is 1. The van der Waals surface area contributed by atoms with Gasteiger partial charge in [-0.05, 0) is 60.7 Å². The van der Waals surface area contributed by atoms with Crippen LogP contribution in [0.2, 0.25) is 0 Å². The molecule has 3 aromatic rings. The number of amides is 1. The Balaban J connectivity index is 1.97. The van der Waals surface area contributed by atoms with Crippen LogP contribution in [0.25, 0.3) is 0 Å². The lowest BCUT2D eigenvalue weighted by Crippen LogP contribution is -2.16. The molecule has 0 aromatic heterocycles. The Morgan fingerprint density at radius 3 is 2.29 bits per heavy atom. The Morgan fingerprint density at radius 1 is 1.00 bits per heavy atom. The molecular formula is C20H15F3N2O5S. The molecule has 0 saturated heterocycles. The minimum atomic E-state index is -4.67. The molecule has 11 heteroatoms. The number of nitrogens with two attached hydrogens (primary N) is 1. The molecule has 0 atom stereocenters. The molecule has 0 saturated carbocycles. The van der Waals surface area contributed by atoms with Gasteiger partial charge in [-0.25, -0.2) is 13.6 Å². The van der Waals surface area contributed by atoms with Crippen molar-refractivity contribution in [1.29, 1.82) is 0 Å². The van der Waals surface area contributed by atoms with Crippen molar-refractivity contribution in [1.82, 2.24) is 0 Å². The lowest BCUT2D eigenvalue weighted by atomic mass is 10.1. The highest BCUT2D eigenvalue weighted by atomic mass is 32.2. The van der Waals surface area contributed by atoms with Gasteiger partial charge in [0.1, 0.15) is 17.2 Å². The van der Waals surface area contributed by atoms with Gasteiger partial charge >= 0.3 is 6.18 Å². The molecule has 0 aliphatic carbocycles. The lowest BCUT2D eigenvalue weighted by molar-refractivity contribution is -0.137. The average molecular weight is 452 g/mol. The second-order valence-electron chi connectivity index (χ2n) is 6.33. The highest BCUT2D eigenvalue weighted by molar-refractivity contribution is 7.89. The van der Waals surface area contributed by atoms with Gasteiger partial charge in [0.15, 0.2) is 0 Å². The molecular weight excluding hydrogens is 437 g/mol. The number of benzene rings is 3. The molecule has 3 aromatic carbocycles. The molecule has 7 nitrogen and oxygen atoms in total. The fourth-order valence-electron chi connectivity index (χ4n) is 2.56. The number of primary sulfonamides is 1. The minimum absolute atomic E-state index is 0.0620. The molecule has 3 rings (SSSR count). The van der Waals surface area contributed by atoms with E-state index in [4.69, 9.17) is 9.88 Å². The number of aromatic hydroxyl groups is 1. The zero-order chi connectivity index (χ0) is 22.8. The highest BCUT2D eigenvalue weighted by Gasteiger charge is 2.32. The molecule has 0 bridgehead atoms. The summed E-state index contributed by atoms with van der Waals surface area (Å²) < 4.78 is 67.8. The van der Waals surface area contributed by atoms with Crippen LogP contribution in [0.4, 0.5) is 18.9 Å². The zero-order valence-electron chi connectivity index (χ0n) is 15.6. The quantitative estimate of drug-likeness (QED) is 0.539. The zero-order valence-corrected chi connectivity index (χ0v) is 16.4. The Labute approximate surface area is 174 Å². The van der Waals surface area contributed by atoms with Crippen molar-refractivity contribution in [3.63, 3.8) is 0 Å². The summed E-state index contributed by atoms with van der Waals surface area (Å²) in [6.45, 7) is 0. The van der Waals surface area contributed by atoms with Crippen LogP contribution in [0.15, 0.2) is 71.6 Å². The van der Waals surface area contributed by atoms with Gasteiger partial charge in [0.05, 0.1) is 16.0 Å². The third-order valence-corrected chi connectivity index (χ3v) is 4.95. The van der Waals surface area contributed by atoms with Gasteiger partial charge in [0.2, 0.25) is 10.0 Å². The van der Waals surface area contributed by atoms with Gasteiger partial charge in [-0.1, -0.05) is 6.07 Å². The largest absolute Gasteiger partial charge is 0.508 e. The monoisotopic (exact) mass is 452 g/mol. The van der Waals surface area contributed by atoms with E-state index in [1.54, 1.807) is 0 Å². The van der Waals surface area contributed by atoms with E-state index in [9.17, 15) is 31.5 Å². The van der Waals surface area contributed by atoms with Crippen LogP contribution in [0.1, 0.15) is 15.9 Å². The lowest BCUT2D eigenvalue weighted by Gasteiger charge is -2.15. The van der Waals surface area contributed by atoms with Crippen LogP contribution in [0.3, 0.4) is 0 Å². The van der Waals surface area contributed by atoms with Gasteiger partial charge in [-0.2, -0.15) is 13.2 Å². The van der Waals surface area contributed by atoms with Gasteiger partial charge in [0, 0.05) is 5.69 Å². The van der Waals surface area contributed by atoms with E-state index in [0.29, 0.717) is 6.07 Å². The maximum absolute atomic E-state index is 13.1. The van der Waals surface area contributed by atoms with Crippen molar-refractivity contribution in [2.24, 2.45) is 5.14 Å². The highest BCUT2D eigenvalue weighted by Crippen LogP contribution is 2.35. The molecule has 0 radical (unpaired) electrons. The molecule has 0 aliphatic heterocycles. The number of phenols is 1. The Hall–Kier alpha value is -3.57. The maximum atomic E-state index is 13.1. The smallest absolute Gasteiger partial charge is 0.416 e. The summed E-state index contributed by atoms with van der Waals surface area (Å²) in [5, 5.41) is 16.8. The van der Waals surface area contributed by atoms with Gasteiger partial charge < -0.3 is 15.2 Å². The van der Waals surface area contributed by atoms with Gasteiger partial charge in [0.25, 0.3) is 5.91 Å². The van der Waals surface area contributed by atoms with Crippen LogP contribution >= 0.6 is 0 Å². The summed E-state index contributed by atoms with van der Waals surface area (Å²) in [6.07, 6.45) is -4.67. The van der Waals surface area contributed by atoms with Crippen molar-refractivity contribution >= 4 is 21.6 Å². The van der Waals surface area contributed by atoms with E-state index >= 15 is 0 Å². The number of hydrogen-bond donors (Lipinski definition) is 3. The number of carbonyl (C=O) groups is 1. The van der Waals surface area contributed by atoms with Crippen molar-refractivity contribution < 1.29 is 36.2 Å². The molecule has 0 aliphatic rings. The molecule has 0 unspecified atom stereocenters. The van der Waals surface area contributed by atoms with Crippen molar-refractivity contribution in [3.05, 3.63) is 77.9 Å². The number of hydrogen-bond acceptors (Lipinski definition) is 5. The van der Waals surface area contributed by atoms with Crippen LogP contribution in [-0.2, 0) is 16.2 Å². The molecule has 0 spiro atoms. The fraction of sp³-hybridized carbons (Fsp3) is 0.0500. The summed E-state index contributed by atoms with van der Waals surface area (Å²) in [7, 11) is -4.02. The van der Waals surface area contributed by atoms with Gasteiger partial charge in [-0.3, -0.25) is 4.79 Å². The average Bonchev–Trinajstić information content (AvgIpc) is 2.68. The third kappa shape index (κ3) is 5.53. The maximum Gasteiger partial charge on any atom is 0.416 e. The number of nitrogens with one attached hydrogen (secondary N) is 1. The summed E-state index contributed by atoms with van der Waals surface area (Å²) in [6, 6.07) is 12.6. The van der Waals surface area contributed by atoms with E-state index in [1.165, 1.54) is 42.5 Å².